The van der Waals surface area contributed by atoms with Gasteiger partial charge in [0.05, 0.1) is 12.3 Å². The minimum Gasteiger partial charge on any atom is -0.353 e. The maximum Gasteiger partial charge on any atom is 0.237 e. The Morgan fingerprint density at radius 1 is 1.53 bits per heavy atom. The van der Waals surface area contributed by atoms with Gasteiger partial charge in [0.15, 0.2) is 0 Å². The van der Waals surface area contributed by atoms with E-state index in [0.29, 0.717) is 12.6 Å². The van der Waals surface area contributed by atoms with Crippen molar-refractivity contribution >= 4 is 28.3 Å². The molecule has 8 heteroatoms. The lowest BCUT2D eigenvalue weighted by Crippen LogP contribution is -2.47. The molecule has 2 atom stereocenters. The number of hydrogen-bond donors (Lipinski definition) is 3. The summed E-state index contributed by atoms with van der Waals surface area (Å²) < 4.78 is 24.0. The van der Waals surface area contributed by atoms with E-state index < -0.39 is 16.1 Å². The van der Waals surface area contributed by atoms with Crippen LogP contribution in [0.4, 0.5) is 0 Å². The SMILES string of the molecule is CC(NS(C)(=O)=O)C(=O)NCC1CCCN1.Cl. The van der Waals surface area contributed by atoms with Crippen molar-refractivity contribution in [1.29, 1.82) is 0 Å². The standard InChI is InChI=1S/C9H19N3O3S.ClH/c1-7(12-16(2,14)15)9(13)11-6-8-4-3-5-10-8;/h7-8,10,12H,3-6H2,1-2H3,(H,11,13);1H. The molecule has 2 unspecified atom stereocenters. The average Bonchev–Trinajstić information content (AvgIpc) is 2.63. The van der Waals surface area contributed by atoms with Crippen molar-refractivity contribution in [1.82, 2.24) is 15.4 Å². The first-order valence-electron chi connectivity index (χ1n) is 5.37. The van der Waals surface area contributed by atoms with Crippen LogP contribution in [-0.4, -0.2) is 45.8 Å². The largest absolute Gasteiger partial charge is 0.353 e. The van der Waals surface area contributed by atoms with Crippen LogP contribution in [0.3, 0.4) is 0 Å². The Balaban J connectivity index is 0.00000256. The summed E-state index contributed by atoms with van der Waals surface area (Å²) >= 11 is 0. The van der Waals surface area contributed by atoms with Crippen molar-refractivity contribution < 1.29 is 13.2 Å². The first kappa shape index (κ1) is 16.6. The molecule has 1 heterocycles. The molecular formula is C9H20ClN3O3S. The third-order valence-corrected chi connectivity index (χ3v) is 3.25. The minimum absolute atomic E-state index is 0. The summed E-state index contributed by atoms with van der Waals surface area (Å²) in [5, 5.41) is 5.96. The van der Waals surface area contributed by atoms with E-state index in [1.165, 1.54) is 6.92 Å². The van der Waals surface area contributed by atoms with E-state index >= 15 is 0 Å². The highest BCUT2D eigenvalue weighted by Crippen LogP contribution is 2.03. The fraction of sp³-hybridized carbons (Fsp3) is 0.889. The molecule has 1 saturated heterocycles. The van der Waals surface area contributed by atoms with Crippen LogP contribution in [0, 0.1) is 0 Å². The number of nitrogens with one attached hydrogen (secondary N) is 3. The fourth-order valence-corrected chi connectivity index (χ4v) is 2.43. The molecule has 3 N–H and O–H groups in total. The molecule has 0 saturated carbocycles. The summed E-state index contributed by atoms with van der Waals surface area (Å²) in [4.78, 5) is 11.5. The van der Waals surface area contributed by atoms with Crippen LogP contribution in [0.15, 0.2) is 0 Å². The predicted molar refractivity (Wildman–Crippen MR) is 68.7 cm³/mol. The number of rotatable bonds is 5. The molecule has 17 heavy (non-hydrogen) atoms. The second-order valence-corrected chi connectivity index (χ2v) is 5.93. The first-order valence-corrected chi connectivity index (χ1v) is 7.26. The molecule has 0 aromatic carbocycles. The highest BCUT2D eigenvalue weighted by atomic mass is 35.5. The average molecular weight is 286 g/mol. The van der Waals surface area contributed by atoms with Gasteiger partial charge in [-0.3, -0.25) is 4.79 Å². The van der Waals surface area contributed by atoms with Gasteiger partial charge in [-0.05, 0) is 26.3 Å². The van der Waals surface area contributed by atoms with Crippen molar-refractivity contribution in [3.63, 3.8) is 0 Å². The molecule has 102 valence electrons. The fourth-order valence-electron chi connectivity index (χ4n) is 1.68. The van der Waals surface area contributed by atoms with Crippen molar-refractivity contribution in [3.05, 3.63) is 0 Å². The Bertz CT molecular complexity index is 341. The molecule has 1 rings (SSSR count). The highest BCUT2D eigenvalue weighted by Gasteiger charge is 2.19. The Hall–Kier alpha value is -0.370. The molecule has 6 nitrogen and oxygen atoms in total. The predicted octanol–water partition coefficient (Wildman–Crippen LogP) is -0.786. The van der Waals surface area contributed by atoms with Gasteiger partial charge in [0, 0.05) is 12.6 Å². The number of sulfonamides is 1. The third-order valence-electron chi connectivity index (χ3n) is 2.47. The van der Waals surface area contributed by atoms with Crippen LogP contribution in [0.5, 0.6) is 0 Å². The number of halogens is 1. The van der Waals surface area contributed by atoms with Crippen molar-refractivity contribution in [3.8, 4) is 0 Å². The van der Waals surface area contributed by atoms with Gasteiger partial charge in [-0.1, -0.05) is 0 Å². The zero-order chi connectivity index (χ0) is 12.2. The molecule has 1 aliphatic heterocycles. The first-order chi connectivity index (χ1) is 7.38. The van der Waals surface area contributed by atoms with Gasteiger partial charge in [0.25, 0.3) is 0 Å². The minimum atomic E-state index is -3.33. The Morgan fingerprint density at radius 3 is 2.65 bits per heavy atom. The molecule has 0 aliphatic carbocycles. The summed E-state index contributed by atoms with van der Waals surface area (Å²) in [7, 11) is -3.33. The number of carbonyl (C=O) groups excluding carboxylic acids is 1. The molecule has 0 aromatic rings. The summed E-state index contributed by atoms with van der Waals surface area (Å²) in [6.45, 7) is 3.06. The zero-order valence-corrected chi connectivity index (χ0v) is 11.7. The topological polar surface area (TPSA) is 87.3 Å². The second kappa shape index (κ2) is 7.15. The second-order valence-electron chi connectivity index (χ2n) is 4.15. The molecule has 0 spiro atoms. The highest BCUT2D eigenvalue weighted by molar-refractivity contribution is 7.88. The van der Waals surface area contributed by atoms with Crippen LogP contribution in [0.25, 0.3) is 0 Å². The van der Waals surface area contributed by atoms with Gasteiger partial charge in [-0.15, -0.1) is 12.4 Å². The molecule has 0 bridgehead atoms. The molecular weight excluding hydrogens is 266 g/mol. The summed E-state index contributed by atoms with van der Waals surface area (Å²) in [5.41, 5.74) is 0. The quantitative estimate of drug-likeness (QED) is 0.618. The Kier molecular flexibility index (Phi) is 6.99. The molecule has 0 aromatic heterocycles. The third kappa shape index (κ3) is 6.82. The van der Waals surface area contributed by atoms with Crippen molar-refractivity contribution in [2.45, 2.75) is 31.8 Å². The van der Waals surface area contributed by atoms with Crippen LogP contribution < -0.4 is 15.4 Å². The lowest BCUT2D eigenvalue weighted by molar-refractivity contribution is -0.122. The van der Waals surface area contributed by atoms with Crippen molar-refractivity contribution in [2.75, 3.05) is 19.3 Å². The number of carbonyl (C=O) groups is 1. The lowest BCUT2D eigenvalue weighted by atomic mass is 10.2. The van der Waals surface area contributed by atoms with E-state index in [4.69, 9.17) is 0 Å². The van der Waals surface area contributed by atoms with Crippen LogP contribution in [0.1, 0.15) is 19.8 Å². The van der Waals surface area contributed by atoms with Gasteiger partial charge in [-0.25, -0.2) is 13.1 Å². The van der Waals surface area contributed by atoms with Crippen molar-refractivity contribution in [2.24, 2.45) is 0 Å². The van der Waals surface area contributed by atoms with E-state index in [1.54, 1.807) is 0 Å². The Labute approximate surface area is 108 Å². The lowest BCUT2D eigenvalue weighted by Gasteiger charge is -2.15. The van der Waals surface area contributed by atoms with Crippen LogP contribution in [0.2, 0.25) is 0 Å². The maximum atomic E-state index is 11.5. The summed E-state index contributed by atoms with van der Waals surface area (Å²) in [6.07, 6.45) is 3.21. The van der Waals surface area contributed by atoms with Gasteiger partial charge in [0.2, 0.25) is 15.9 Å². The van der Waals surface area contributed by atoms with Gasteiger partial charge < -0.3 is 10.6 Å². The van der Waals surface area contributed by atoms with Gasteiger partial charge in [-0.2, -0.15) is 0 Å². The van der Waals surface area contributed by atoms with Crippen LogP contribution >= 0.6 is 12.4 Å². The maximum absolute atomic E-state index is 11.5. The van der Waals surface area contributed by atoms with E-state index in [0.717, 1.165) is 25.6 Å². The molecule has 1 fully saturated rings. The van der Waals surface area contributed by atoms with Gasteiger partial charge in [0.1, 0.15) is 0 Å². The van der Waals surface area contributed by atoms with E-state index in [1.807, 2.05) is 0 Å². The monoisotopic (exact) mass is 285 g/mol. The number of hydrogen-bond acceptors (Lipinski definition) is 4. The molecule has 0 radical (unpaired) electrons. The van der Waals surface area contributed by atoms with E-state index in [-0.39, 0.29) is 18.3 Å². The van der Waals surface area contributed by atoms with E-state index in [9.17, 15) is 13.2 Å². The van der Waals surface area contributed by atoms with Gasteiger partial charge >= 0.3 is 0 Å². The zero-order valence-electron chi connectivity index (χ0n) is 10.0. The summed E-state index contributed by atoms with van der Waals surface area (Å²) in [6, 6.07) is -0.411. The normalized spacial score (nSPS) is 21.6. The number of amides is 1. The molecule has 1 aliphatic rings. The molecule has 1 amide bonds. The summed E-state index contributed by atoms with van der Waals surface area (Å²) in [5.74, 6) is -0.292. The Morgan fingerprint density at radius 2 is 2.18 bits per heavy atom. The van der Waals surface area contributed by atoms with Crippen LogP contribution in [-0.2, 0) is 14.8 Å². The van der Waals surface area contributed by atoms with E-state index in [2.05, 4.69) is 15.4 Å². The smallest absolute Gasteiger partial charge is 0.237 e.